The van der Waals surface area contributed by atoms with Gasteiger partial charge in [-0.2, -0.15) is 0 Å². The van der Waals surface area contributed by atoms with E-state index in [4.69, 9.17) is 0 Å². The smallest absolute Gasteiger partial charge is 0.222 e. The number of likely N-dealkylation sites (tertiary alicyclic amines) is 1. The van der Waals surface area contributed by atoms with Gasteiger partial charge in [0.05, 0.1) is 0 Å². The summed E-state index contributed by atoms with van der Waals surface area (Å²) < 4.78 is 0. The fourth-order valence-electron chi connectivity index (χ4n) is 4.77. The van der Waals surface area contributed by atoms with Crippen LogP contribution >= 0.6 is 0 Å². The third kappa shape index (κ3) is 4.00. The molecule has 3 heteroatoms. The molecule has 3 aliphatic rings. The van der Waals surface area contributed by atoms with Gasteiger partial charge in [-0.3, -0.25) is 4.79 Å². The van der Waals surface area contributed by atoms with Crippen LogP contribution in [0.2, 0.25) is 0 Å². The van der Waals surface area contributed by atoms with E-state index in [1.165, 1.54) is 57.8 Å². The van der Waals surface area contributed by atoms with Gasteiger partial charge in [-0.15, -0.1) is 0 Å². The van der Waals surface area contributed by atoms with Crippen molar-refractivity contribution in [1.82, 2.24) is 10.2 Å². The quantitative estimate of drug-likeness (QED) is 0.862. The average Bonchev–Trinajstić information content (AvgIpc) is 3.04. The number of hydrogen-bond acceptors (Lipinski definition) is 2. The molecule has 0 aromatic heterocycles. The molecule has 3 nitrogen and oxygen atoms in total. The van der Waals surface area contributed by atoms with Crippen LogP contribution in [0.5, 0.6) is 0 Å². The van der Waals surface area contributed by atoms with Gasteiger partial charge in [0.25, 0.3) is 0 Å². The van der Waals surface area contributed by atoms with Gasteiger partial charge >= 0.3 is 0 Å². The number of nitrogens with one attached hydrogen (secondary N) is 1. The lowest BCUT2D eigenvalue weighted by atomic mass is 9.85. The Balaban J connectivity index is 1.48. The molecule has 1 saturated carbocycles. The Hall–Kier alpha value is -0.570. The Bertz CT molecular complexity index is 332. The lowest BCUT2D eigenvalue weighted by molar-refractivity contribution is -0.133. The maximum absolute atomic E-state index is 12.7. The summed E-state index contributed by atoms with van der Waals surface area (Å²) in [5.74, 6) is 2.05. The van der Waals surface area contributed by atoms with Gasteiger partial charge in [-0.1, -0.05) is 32.1 Å². The highest BCUT2D eigenvalue weighted by atomic mass is 16.2. The molecule has 0 aromatic carbocycles. The minimum Gasteiger partial charge on any atom is -0.339 e. The molecule has 2 saturated heterocycles. The van der Waals surface area contributed by atoms with Crippen LogP contribution in [-0.2, 0) is 4.79 Å². The first kappa shape index (κ1) is 15.3. The fourth-order valence-corrected chi connectivity index (χ4v) is 4.77. The highest BCUT2D eigenvalue weighted by molar-refractivity contribution is 5.76. The van der Waals surface area contributed by atoms with Crippen LogP contribution in [0.3, 0.4) is 0 Å². The predicted octanol–water partition coefficient (Wildman–Crippen LogP) is 3.34. The van der Waals surface area contributed by atoms with Crippen LogP contribution in [0.1, 0.15) is 70.6 Å². The minimum atomic E-state index is 0.460. The lowest BCUT2D eigenvalue weighted by Gasteiger charge is -2.34. The number of rotatable bonds is 4. The maximum atomic E-state index is 12.7. The molecule has 2 aliphatic heterocycles. The number of hydrogen-bond donors (Lipinski definition) is 1. The molecule has 0 radical (unpaired) electrons. The lowest BCUT2D eigenvalue weighted by Crippen LogP contribution is -2.43. The third-order valence-corrected chi connectivity index (χ3v) is 6.04. The van der Waals surface area contributed by atoms with Gasteiger partial charge in [-0.05, 0) is 57.0 Å². The van der Waals surface area contributed by atoms with Crippen molar-refractivity contribution in [3.63, 3.8) is 0 Å². The van der Waals surface area contributed by atoms with Crippen molar-refractivity contribution >= 4 is 5.91 Å². The van der Waals surface area contributed by atoms with Gasteiger partial charge < -0.3 is 10.2 Å². The van der Waals surface area contributed by atoms with E-state index in [0.29, 0.717) is 11.9 Å². The van der Waals surface area contributed by atoms with Gasteiger partial charge in [-0.25, -0.2) is 0 Å². The van der Waals surface area contributed by atoms with E-state index in [9.17, 15) is 4.79 Å². The van der Waals surface area contributed by atoms with E-state index in [0.717, 1.165) is 44.3 Å². The second kappa shape index (κ2) is 7.62. The molecule has 1 aliphatic carbocycles. The normalized spacial score (nSPS) is 29.0. The maximum Gasteiger partial charge on any atom is 0.222 e. The van der Waals surface area contributed by atoms with Crippen molar-refractivity contribution in [3.8, 4) is 0 Å². The molecule has 0 spiro atoms. The van der Waals surface area contributed by atoms with Gasteiger partial charge in [0, 0.05) is 19.0 Å². The van der Waals surface area contributed by atoms with E-state index in [1.807, 2.05) is 0 Å². The third-order valence-electron chi connectivity index (χ3n) is 6.04. The second-order valence-corrected chi connectivity index (χ2v) is 7.43. The van der Waals surface area contributed by atoms with Crippen molar-refractivity contribution in [1.29, 1.82) is 0 Å². The predicted molar refractivity (Wildman–Crippen MR) is 86.1 cm³/mol. The first-order valence-electron chi connectivity index (χ1n) is 9.35. The first-order chi connectivity index (χ1) is 10.3. The monoisotopic (exact) mass is 292 g/mol. The average molecular weight is 292 g/mol. The Morgan fingerprint density at radius 3 is 2.48 bits per heavy atom. The van der Waals surface area contributed by atoms with E-state index < -0.39 is 0 Å². The number of carbonyl (C=O) groups is 1. The van der Waals surface area contributed by atoms with E-state index in [-0.39, 0.29) is 0 Å². The summed E-state index contributed by atoms with van der Waals surface area (Å²) >= 11 is 0. The Kier molecular flexibility index (Phi) is 5.56. The highest BCUT2D eigenvalue weighted by Gasteiger charge is 2.34. The van der Waals surface area contributed by atoms with E-state index in [2.05, 4.69) is 10.2 Å². The van der Waals surface area contributed by atoms with Gasteiger partial charge in [0.1, 0.15) is 0 Å². The van der Waals surface area contributed by atoms with Crippen molar-refractivity contribution in [2.24, 2.45) is 11.8 Å². The molecule has 120 valence electrons. The van der Waals surface area contributed by atoms with Crippen molar-refractivity contribution in [2.75, 3.05) is 19.6 Å². The van der Waals surface area contributed by atoms with Gasteiger partial charge in [0.15, 0.2) is 0 Å². The number of nitrogens with zero attached hydrogens (tertiary/aromatic N) is 1. The Labute approximate surface area is 129 Å². The van der Waals surface area contributed by atoms with Crippen LogP contribution in [0, 0.1) is 11.8 Å². The molecular formula is C18H32N2O. The molecular weight excluding hydrogens is 260 g/mol. The number of piperidine rings is 1. The highest BCUT2D eigenvalue weighted by Crippen LogP contribution is 2.32. The van der Waals surface area contributed by atoms with E-state index >= 15 is 0 Å². The zero-order valence-corrected chi connectivity index (χ0v) is 13.5. The topological polar surface area (TPSA) is 32.3 Å². The van der Waals surface area contributed by atoms with Crippen molar-refractivity contribution in [2.45, 2.75) is 76.7 Å². The van der Waals surface area contributed by atoms with Crippen LogP contribution in [0.15, 0.2) is 0 Å². The molecule has 0 aromatic rings. The van der Waals surface area contributed by atoms with Gasteiger partial charge in [0.2, 0.25) is 5.91 Å². The molecule has 3 fully saturated rings. The summed E-state index contributed by atoms with van der Waals surface area (Å²) in [5, 5.41) is 3.45. The molecule has 3 rings (SSSR count). The van der Waals surface area contributed by atoms with Crippen LogP contribution in [0.4, 0.5) is 0 Å². The largest absolute Gasteiger partial charge is 0.339 e. The molecule has 1 atom stereocenters. The summed E-state index contributed by atoms with van der Waals surface area (Å²) in [5.41, 5.74) is 0. The van der Waals surface area contributed by atoms with E-state index in [1.54, 1.807) is 0 Å². The summed E-state index contributed by atoms with van der Waals surface area (Å²) in [6.07, 6.45) is 13.9. The summed E-state index contributed by atoms with van der Waals surface area (Å²) in [6.45, 7) is 3.31. The van der Waals surface area contributed by atoms with Crippen LogP contribution in [0.25, 0.3) is 0 Å². The zero-order valence-electron chi connectivity index (χ0n) is 13.5. The molecule has 0 bridgehead atoms. The Morgan fingerprint density at radius 2 is 1.71 bits per heavy atom. The van der Waals surface area contributed by atoms with Crippen molar-refractivity contribution in [3.05, 3.63) is 0 Å². The standard InChI is InChI=1S/C18H32N2O/c21-18(9-8-15-5-2-1-3-6-15)20-14-4-7-17(20)16-10-12-19-13-11-16/h15-17,19H,1-14H2. The summed E-state index contributed by atoms with van der Waals surface area (Å²) in [4.78, 5) is 14.9. The molecule has 21 heavy (non-hydrogen) atoms. The number of amides is 1. The minimum absolute atomic E-state index is 0.460. The van der Waals surface area contributed by atoms with Crippen LogP contribution < -0.4 is 5.32 Å². The SMILES string of the molecule is O=C(CCC1CCCCC1)N1CCCC1C1CCNCC1. The van der Waals surface area contributed by atoms with Crippen LogP contribution in [-0.4, -0.2) is 36.5 Å². The molecule has 1 unspecified atom stereocenters. The second-order valence-electron chi connectivity index (χ2n) is 7.43. The summed E-state index contributed by atoms with van der Waals surface area (Å²) in [7, 11) is 0. The summed E-state index contributed by atoms with van der Waals surface area (Å²) in [6, 6.07) is 0.561. The van der Waals surface area contributed by atoms with Crippen molar-refractivity contribution < 1.29 is 4.79 Å². The molecule has 1 N–H and O–H groups in total. The molecule has 2 heterocycles. The molecule has 1 amide bonds. The number of carbonyl (C=O) groups excluding carboxylic acids is 1. The first-order valence-corrected chi connectivity index (χ1v) is 9.35. The fraction of sp³-hybridized carbons (Fsp3) is 0.944. The zero-order chi connectivity index (χ0) is 14.5. The Morgan fingerprint density at radius 1 is 0.952 bits per heavy atom.